The molecule has 1 N–H and O–H groups in total. The number of aromatic nitrogens is 2. The molecule has 0 unspecified atom stereocenters. The number of halogens is 4. The fourth-order valence-corrected chi connectivity index (χ4v) is 2.92. The van der Waals surface area contributed by atoms with Crippen LogP contribution >= 0.6 is 27.7 Å². The van der Waals surface area contributed by atoms with Crippen LogP contribution in [0.25, 0.3) is 23.2 Å². The first-order valence-electron chi connectivity index (χ1n) is 6.58. The zero-order valence-electron chi connectivity index (χ0n) is 11.6. The number of alkyl halides is 3. The lowest BCUT2D eigenvalue weighted by atomic mass is 10.2. The quantitative estimate of drug-likeness (QED) is 0.539. The van der Waals surface area contributed by atoms with Gasteiger partial charge in [0, 0.05) is 9.37 Å². The molecule has 0 radical (unpaired) electrons. The molecule has 0 bridgehead atoms. The number of fused-ring (bicyclic) bond motifs is 1. The van der Waals surface area contributed by atoms with Crippen molar-refractivity contribution in [2.24, 2.45) is 0 Å². The molecule has 0 fully saturated rings. The normalized spacial score (nSPS) is 12.3. The molecule has 3 aromatic rings. The smallest absolute Gasteiger partial charge is 0.338 e. The number of benzene rings is 2. The second-order valence-electron chi connectivity index (χ2n) is 4.73. The lowest BCUT2D eigenvalue weighted by Crippen LogP contribution is -1.98. The average Bonchev–Trinajstić information content (AvgIpc) is 2.87. The molecule has 0 spiro atoms. The van der Waals surface area contributed by atoms with E-state index in [1.54, 1.807) is 24.3 Å². The summed E-state index contributed by atoms with van der Waals surface area (Å²) >= 11 is 3.27. The summed E-state index contributed by atoms with van der Waals surface area (Å²) in [6.45, 7) is 0. The molecule has 0 aliphatic rings. The maximum Gasteiger partial charge on any atom is 0.446 e. The lowest BCUT2D eigenvalue weighted by Gasteiger charge is -2.05. The van der Waals surface area contributed by atoms with Gasteiger partial charge >= 0.3 is 5.51 Å². The maximum atomic E-state index is 12.3. The largest absolute Gasteiger partial charge is 0.446 e. The van der Waals surface area contributed by atoms with Crippen molar-refractivity contribution in [2.75, 3.05) is 0 Å². The summed E-state index contributed by atoms with van der Waals surface area (Å²) in [6.07, 6.45) is 3.59. The second kappa shape index (κ2) is 6.41. The molecule has 23 heavy (non-hydrogen) atoms. The Balaban J connectivity index is 1.76. The number of imidazole rings is 1. The molecule has 0 aliphatic heterocycles. The number of nitrogens with zero attached hydrogens (tertiary/aromatic N) is 1. The number of H-pyrrole nitrogens is 1. The Bertz CT molecular complexity index is 854. The lowest BCUT2D eigenvalue weighted by molar-refractivity contribution is -0.0328. The van der Waals surface area contributed by atoms with Gasteiger partial charge in [0.1, 0.15) is 5.82 Å². The number of nitrogens with one attached hydrogen (secondary N) is 1. The third-order valence-corrected chi connectivity index (χ3v) is 4.24. The third-order valence-electron chi connectivity index (χ3n) is 3.01. The van der Waals surface area contributed by atoms with Crippen molar-refractivity contribution in [3.8, 4) is 0 Å². The van der Waals surface area contributed by atoms with Crippen molar-refractivity contribution >= 4 is 50.9 Å². The molecule has 118 valence electrons. The first kappa shape index (κ1) is 16.1. The summed E-state index contributed by atoms with van der Waals surface area (Å²) in [5, 5.41) is 0. The molecule has 0 atom stereocenters. The number of aromatic amines is 1. The second-order valence-corrected chi connectivity index (χ2v) is 6.79. The van der Waals surface area contributed by atoms with E-state index in [2.05, 4.69) is 25.9 Å². The van der Waals surface area contributed by atoms with Gasteiger partial charge in [-0.2, -0.15) is 13.2 Å². The first-order valence-corrected chi connectivity index (χ1v) is 8.19. The van der Waals surface area contributed by atoms with E-state index in [0.29, 0.717) is 5.82 Å². The molecule has 1 aromatic heterocycles. The topological polar surface area (TPSA) is 28.7 Å². The van der Waals surface area contributed by atoms with Gasteiger partial charge < -0.3 is 4.98 Å². The molecule has 0 saturated heterocycles. The van der Waals surface area contributed by atoms with Crippen LogP contribution in [0.15, 0.2) is 51.8 Å². The van der Waals surface area contributed by atoms with E-state index >= 15 is 0 Å². The van der Waals surface area contributed by atoms with E-state index in [1.807, 2.05) is 18.2 Å². The molecular formula is C16H10BrF3N2S. The summed E-state index contributed by atoms with van der Waals surface area (Å²) in [5.41, 5.74) is -1.70. The van der Waals surface area contributed by atoms with Crippen molar-refractivity contribution in [3.05, 3.63) is 58.3 Å². The van der Waals surface area contributed by atoms with Crippen LogP contribution in [0.2, 0.25) is 0 Å². The van der Waals surface area contributed by atoms with Gasteiger partial charge in [0.25, 0.3) is 0 Å². The van der Waals surface area contributed by atoms with Crippen LogP contribution in [0.3, 0.4) is 0 Å². The van der Waals surface area contributed by atoms with Gasteiger partial charge in [0.15, 0.2) is 0 Å². The zero-order valence-corrected chi connectivity index (χ0v) is 14.0. The molecular weight excluding hydrogens is 389 g/mol. The van der Waals surface area contributed by atoms with Crippen LogP contribution in [0, 0.1) is 0 Å². The minimum atomic E-state index is -4.26. The number of rotatable bonds is 3. The fourth-order valence-electron chi connectivity index (χ4n) is 2.03. The summed E-state index contributed by atoms with van der Waals surface area (Å²) < 4.78 is 37.8. The van der Waals surface area contributed by atoms with Gasteiger partial charge in [-0.25, -0.2) is 4.98 Å². The van der Waals surface area contributed by atoms with Crippen molar-refractivity contribution in [1.82, 2.24) is 9.97 Å². The van der Waals surface area contributed by atoms with Gasteiger partial charge in [0.05, 0.1) is 11.0 Å². The maximum absolute atomic E-state index is 12.3. The molecule has 1 heterocycles. The zero-order chi connectivity index (χ0) is 16.4. The predicted octanol–water partition coefficient (Wildman–Crippen LogP) is 6.11. The molecule has 2 aromatic carbocycles. The Morgan fingerprint density at radius 1 is 1.04 bits per heavy atom. The Labute approximate surface area is 142 Å². The van der Waals surface area contributed by atoms with E-state index in [0.717, 1.165) is 21.1 Å². The summed E-state index contributed by atoms with van der Waals surface area (Å²) in [4.78, 5) is 7.76. The van der Waals surface area contributed by atoms with Crippen LogP contribution in [0.4, 0.5) is 13.2 Å². The van der Waals surface area contributed by atoms with E-state index < -0.39 is 5.51 Å². The van der Waals surface area contributed by atoms with E-state index in [9.17, 15) is 13.2 Å². The number of hydrogen-bond donors (Lipinski definition) is 1. The van der Waals surface area contributed by atoms with Crippen LogP contribution < -0.4 is 0 Å². The Hall–Kier alpha value is -1.73. The highest BCUT2D eigenvalue weighted by molar-refractivity contribution is 9.10. The predicted molar refractivity (Wildman–Crippen MR) is 91.1 cm³/mol. The first-order chi connectivity index (χ1) is 10.9. The highest BCUT2D eigenvalue weighted by Gasteiger charge is 2.28. The summed E-state index contributed by atoms with van der Waals surface area (Å²) in [5.74, 6) is 0.687. The molecule has 0 aliphatic carbocycles. The molecule has 7 heteroatoms. The number of hydrogen-bond acceptors (Lipinski definition) is 2. The molecule has 2 nitrogen and oxygen atoms in total. The molecule has 3 rings (SSSR count). The minimum absolute atomic E-state index is 0.119. The van der Waals surface area contributed by atoms with Crippen LogP contribution in [0.1, 0.15) is 11.4 Å². The van der Waals surface area contributed by atoms with E-state index in [-0.39, 0.29) is 16.7 Å². The van der Waals surface area contributed by atoms with Gasteiger partial charge in [-0.15, -0.1) is 0 Å². The minimum Gasteiger partial charge on any atom is -0.338 e. The number of thioether (sulfide) groups is 1. The third kappa shape index (κ3) is 4.39. The Kier molecular flexibility index (Phi) is 4.50. The SMILES string of the molecule is FC(F)(F)Sc1ccc(C=Cc2nc3cc(Br)ccc3[nH]2)cc1. The van der Waals surface area contributed by atoms with Crippen molar-refractivity contribution in [1.29, 1.82) is 0 Å². The summed E-state index contributed by atoms with van der Waals surface area (Å²) in [6, 6.07) is 11.9. The Morgan fingerprint density at radius 2 is 1.78 bits per heavy atom. The highest BCUT2D eigenvalue weighted by Crippen LogP contribution is 2.36. The highest BCUT2D eigenvalue weighted by atomic mass is 79.9. The molecule has 0 amide bonds. The van der Waals surface area contributed by atoms with Crippen LogP contribution in [0.5, 0.6) is 0 Å². The Morgan fingerprint density at radius 3 is 2.48 bits per heavy atom. The van der Waals surface area contributed by atoms with Gasteiger partial charge in [-0.1, -0.05) is 34.1 Å². The van der Waals surface area contributed by atoms with E-state index in [4.69, 9.17) is 0 Å². The van der Waals surface area contributed by atoms with Crippen molar-refractivity contribution < 1.29 is 13.2 Å². The standard InChI is InChI=1S/C16H10BrF3N2S/c17-11-4-7-13-14(9-11)22-15(21-13)8-3-10-1-5-12(6-2-10)23-16(18,19)20/h1-9H,(H,21,22). The average molecular weight is 399 g/mol. The van der Waals surface area contributed by atoms with Gasteiger partial charge in [0.2, 0.25) is 0 Å². The van der Waals surface area contributed by atoms with Crippen molar-refractivity contribution in [3.63, 3.8) is 0 Å². The fraction of sp³-hybridized carbons (Fsp3) is 0.0625. The molecule has 0 saturated carbocycles. The van der Waals surface area contributed by atoms with Crippen LogP contribution in [-0.4, -0.2) is 15.5 Å². The van der Waals surface area contributed by atoms with Gasteiger partial charge in [-0.05, 0) is 53.7 Å². The van der Waals surface area contributed by atoms with Crippen LogP contribution in [-0.2, 0) is 0 Å². The summed E-state index contributed by atoms with van der Waals surface area (Å²) in [7, 11) is 0. The van der Waals surface area contributed by atoms with Gasteiger partial charge in [-0.3, -0.25) is 0 Å². The van der Waals surface area contributed by atoms with E-state index in [1.165, 1.54) is 12.1 Å². The monoisotopic (exact) mass is 398 g/mol. The van der Waals surface area contributed by atoms with Crippen molar-refractivity contribution in [2.45, 2.75) is 10.4 Å².